The van der Waals surface area contributed by atoms with Crippen LogP contribution in [0.3, 0.4) is 0 Å². The van der Waals surface area contributed by atoms with E-state index in [4.69, 9.17) is 0 Å². The Kier molecular flexibility index (Phi) is 6.24. The van der Waals surface area contributed by atoms with E-state index in [1.165, 1.54) is 18.3 Å². The van der Waals surface area contributed by atoms with Gasteiger partial charge in [-0.05, 0) is 46.8 Å². The number of aromatic nitrogens is 1. The van der Waals surface area contributed by atoms with Crippen molar-refractivity contribution in [3.63, 3.8) is 0 Å². The summed E-state index contributed by atoms with van der Waals surface area (Å²) in [5.41, 5.74) is 0.889. The molecule has 7 heteroatoms. The fourth-order valence-electron chi connectivity index (χ4n) is 2.54. The average Bonchev–Trinajstić information content (AvgIpc) is 2.93. The summed E-state index contributed by atoms with van der Waals surface area (Å²) < 4.78 is 1.67. The smallest absolute Gasteiger partial charge is 0.332 e. The van der Waals surface area contributed by atoms with Crippen molar-refractivity contribution >= 4 is 45.2 Å². The molecule has 0 saturated heterocycles. The van der Waals surface area contributed by atoms with Gasteiger partial charge in [0.05, 0.1) is 20.7 Å². The summed E-state index contributed by atoms with van der Waals surface area (Å²) >= 11 is 2.59. The van der Waals surface area contributed by atoms with Crippen LogP contribution >= 0.6 is 23.1 Å². The predicted molar refractivity (Wildman–Crippen MR) is 103 cm³/mol. The third kappa shape index (κ3) is 4.41. The van der Waals surface area contributed by atoms with Crippen molar-refractivity contribution < 1.29 is 14.7 Å². The number of carboxylic acid groups (broad SMARTS) is 1. The highest BCUT2D eigenvalue weighted by Crippen LogP contribution is 2.36. The third-order valence-corrected chi connectivity index (χ3v) is 5.95. The zero-order valence-electron chi connectivity index (χ0n) is 14.9. The molecule has 1 aromatic heterocycles. The molecule has 0 aliphatic carbocycles. The molecule has 0 atom stereocenters. The molecule has 0 radical (unpaired) electrons. The number of rotatable bonds is 6. The second-order valence-electron chi connectivity index (χ2n) is 6.21. The van der Waals surface area contributed by atoms with Crippen LogP contribution in [0, 0.1) is 0 Å². The number of hydrogen-bond donors (Lipinski definition) is 1. The molecule has 1 heterocycles. The van der Waals surface area contributed by atoms with Crippen molar-refractivity contribution in [2.45, 2.75) is 51.0 Å². The van der Waals surface area contributed by atoms with E-state index in [1.54, 1.807) is 4.90 Å². The summed E-state index contributed by atoms with van der Waals surface area (Å²) in [5, 5.41) is 9.42. The van der Waals surface area contributed by atoms with Gasteiger partial charge in [0.2, 0.25) is 0 Å². The van der Waals surface area contributed by atoms with E-state index in [1.807, 2.05) is 52.0 Å². The molecule has 0 bridgehead atoms. The Bertz CT molecular complexity index is 784. The highest BCUT2D eigenvalue weighted by molar-refractivity contribution is 8.05. The van der Waals surface area contributed by atoms with Gasteiger partial charge >= 0.3 is 5.97 Å². The number of fused-ring (bicyclic) bond motifs is 1. The van der Waals surface area contributed by atoms with E-state index >= 15 is 0 Å². The minimum atomic E-state index is -1.09. The Balaban J connectivity index is 2.45. The van der Waals surface area contributed by atoms with Crippen molar-refractivity contribution in [3.8, 4) is 0 Å². The Morgan fingerprint density at radius 3 is 2.28 bits per heavy atom. The van der Waals surface area contributed by atoms with Crippen LogP contribution in [0.1, 0.15) is 34.6 Å². The van der Waals surface area contributed by atoms with Gasteiger partial charge in [0.15, 0.2) is 4.34 Å². The zero-order valence-corrected chi connectivity index (χ0v) is 16.6. The quantitative estimate of drug-likeness (QED) is 0.596. The number of thiazole rings is 1. The maximum Gasteiger partial charge on any atom is 0.332 e. The fraction of sp³-hybridized carbons (Fsp3) is 0.389. The van der Waals surface area contributed by atoms with Crippen LogP contribution < -0.4 is 0 Å². The van der Waals surface area contributed by atoms with E-state index in [2.05, 4.69) is 4.98 Å². The zero-order chi connectivity index (χ0) is 18.7. The lowest BCUT2D eigenvalue weighted by Crippen LogP contribution is -2.42. The van der Waals surface area contributed by atoms with Gasteiger partial charge in [-0.1, -0.05) is 23.9 Å². The van der Waals surface area contributed by atoms with E-state index in [0.29, 0.717) is 4.34 Å². The second kappa shape index (κ2) is 8.01. The monoisotopic (exact) mass is 378 g/mol. The number of carbonyl (C=O) groups excluding carboxylic acids is 1. The molecular weight excluding hydrogens is 356 g/mol. The summed E-state index contributed by atoms with van der Waals surface area (Å²) in [7, 11) is 0. The Morgan fingerprint density at radius 2 is 1.76 bits per heavy atom. The molecule has 2 aromatic rings. The highest BCUT2D eigenvalue weighted by Gasteiger charge is 2.28. The molecule has 1 amide bonds. The lowest BCUT2D eigenvalue weighted by Gasteiger charge is -2.31. The number of para-hydroxylation sites is 1. The molecule has 134 valence electrons. The van der Waals surface area contributed by atoms with Gasteiger partial charge < -0.3 is 10.0 Å². The number of amides is 1. The molecule has 0 saturated carbocycles. The van der Waals surface area contributed by atoms with Gasteiger partial charge in [-0.15, -0.1) is 11.3 Å². The van der Waals surface area contributed by atoms with Gasteiger partial charge in [0.1, 0.15) is 0 Å². The standard InChI is InChI=1S/C18H22N2O3S2/c1-10(2)20(11(3)4)16(21)15(12(5)17(22)23)25-18-19-13-8-6-7-9-14(13)24-18/h6-11H,1-5H3,(H,22,23)/b15-12-. The first kappa shape index (κ1) is 19.5. The average molecular weight is 379 g/mol. The van der Waals surface area contributed by atoms with Crippen LogP contribution in [0.5, 0.6) is 0 Å². The maximum absolute atomic E-state index is 13.1. The predicted octanol–water partition coefficient (Wildman–Crippen LogP) is 4.39. The van der Waals surface area contributed by atoms with Crippen LogP contribution in [-0.4, -0.2) is 39.0 Å². The number of hydrogen-bond acceptors (Lipinski definition) is 5. The molecule has 0 aliphatic rings. The van der Waals surface area contributed by atoms with E-state index in [9.17, 15) is 14.7 Å². The first-order valence-electron chi connectivity index (χ1n) is 8.02. The lowest BCUT2D eigenvalue weighted by atomic mass is 10.2. The SMILES string of the molecule is C/C(C(=O)O)=C(/Sc1nc2ccccc2s1)C(=O)N(C(C)C)C(C)C. The number of carbonyl (C=O) groups is 2. The molecule has 1 aromatic carbocycles. The number of nitrogens with zero attached hydrogens (tertiary/aromatic N) is 2. The van der Waals surface area contributed by atoms with Crippen LogP contribution in [0.15, 0.2) is 39.1 Å². The molecular formula is C18H22N2O3S2. The minimum Gasteiger partial charge on any atom is -0.478 e. The van der Waals surface area contributed by atoms with E-state index < -0.39 is 5.97 Å². The Labute approximate surface area is 155 Å². The van der Waals surface area contributed by atoms with Crippen LogP contribution in [0.2, 0.25) is 0 Å². The fourth-order valence-corrected chi connectivity index (χ4v) is 4.68. The minimum absolute atomic E-state index is 0.0277. The third-order valence-electron chi connectivity index (χ3n) is 3.67. The van der Waals surface area contributed by atoms with Gasteiger partial charge in [0.25, 0.3) is 5.91 Å². The number of thioether (sulfide) groups is 1. The van der Waals surface area contributed by atoms with Crippen molar-refractivity contribution in [3.05, 3.63) is 34.7 Å². The molecule has 25 heavy (non-hydrogen) atoms. The van der Waals surface area contributed by atoms with Crippen molar-refractivity contribution in [2.24, 2.45) is 0 Å². The summed E-state index contributed by atoms with van der Waals surface area (Å²) in [4.78, 5) is 31.0. The number of aliphatic carboxylic acids is 1. The molecule has 5 nitrogen and oxygen atoms in total. The molecule has 2 rings (SSSR count). The Hall–Kier alpha value is -1.86. The molecule has 0 unspecified atom stereocenters. The van der Waals surface area contributed by atoms with Gasteiger partial charge in [-0.25, -0.2) is 9.78 Å². The van der Waals surface area contributed by atoms with Gasteiger partial charge in [-0.3, -0.25) is 4.79 Å². The van der Waals surface area contributed by atoms with Crippen LogP contribution in [-0.2, 0) is 9.59 Å². The van der Waals surface area contributed by atoms with Crippen molar-refractivity contribution in [2.75, 3.05) is 0 Å². The number of carboxylic acids is 1. The molecule has 0 spiro atoms. The van der Waals surface area contributed by atoms with Gasteiger partial charge in [0, 0.05) is 12.1 Å². The van der Waals surface area contributed by atoms with Crippen molar-refractivity contribution in [1.82, 2.24) is 9.88 Å². The van der Waals surface area contributed by atoms with E-state index in [0.717, 1.165) is 22.0 Å². The topological polar surface area (TPSA) is 70.5 Å². The van der Waals surface area contributed by atoms with E-state index in [-0.39, 0.29) is 28.5 Å². The Morgan fingerprint density at radius 1 is 1.16 bits per heavy atom. The largest absolute Gasteiger partial charge is 0.478 e. The molecule has 1 N–H and O–H groups in total. The highest BCUT2D eigenvalue weighted by atomic mass is 32.2. The van der Waals surface area contributed by atoms with Gasteiger partial charge in [-0.2, -0.15) is 0 Å². The van der Waals surface area contributed by atoms with Crippen molar-refractivity contribution in [1.29, 1.82) is 0 Å². The first-order valence-corrected chi connectivity index (χ1v) is 9.66. The van der Waals surface area contributed by atoms with Crippen LogP contribution in [0.4, 0.5) is 0 Å². The summed E-state index contributed by atoms with van der Waals surface area (Å²) in [5.74, 6) is -1.36. The molecule has 0 fully saturated rings. The second-order valence-corrected chi connectivity index (χ2v) is 8.50. The first-order chi connectivity index (χ1) is 11.7. The lowest BCUT2D eigenvalue weighted by molar-refractivity contribution is -0.134. The summed E-state index contributed by atoms with van der Waals surface area (Å²) in [6, 6.07) is 7.64. The molecule has 0 aliphatic heterocycles. The number of benzene rings is 1. The van der Waals surface area contributed by atoms with Crippen LogP contribution in [0.25, 0.3) is 10.2 Å². The summed E-state index contributed by atoms with van der Waals surface area (Å²) in [6.45, 7) is 9.17. The normalized spacial score (nSPS) is 12.6. The maximum atomic E-state index is 13.1. The summed E-state index contributed by atoms with van der Waals surface area (Å²) in [6.07, 6.45) is 0.